The van der Waals surface area contributed by atoms with Gasteiger partial charge in [0.25, 0.3) is 0 Å². The summed E-state index contributed by atoms with van der Waals surface area (Å²) in [6, 6.07) is 11.1. The monoisotopic (exact) mass is 278 g/mol. The number of aryl methyl sites for hydroxylation is 1. The zero-order valence-corrected chi connectivity index (χ0v) is 13.0. The maximum absolute atomic E-state index is 5.77. The summed E-state index contributed by atoms with van der Waals surface area (Å²) in [5.41, 5.74) is 6.61. The average molecular weight is 278 g/mol. The lowest BCUT2D eigenvalue weighted by Crippen LogP contribution is -2.31. The van der Waals surface area contributed by atoms with Gasteiger partial charge in [-0.2, -0.15) is 4.57 Å². The van der Waals surface area contributed by atoms with E-state index < -0.39 is 0 Å². The summed E-state index contributed by atoms with van der Waals surface area (Å²) in [5, 5.41) is 1.22. The van der Waals surface area contributed by atoms with Crippen LogP contribution < -0.4 is 4.57 Å². The van der Waals surface area contributed by atoms with Crippen molar-refractivity contribution in [3.63, 3.8) is 0 Å². The molecule has 106 valence electrons. The minimum atomic E-state index is 0.190. The third kappa shape index (κ3) is 1.82. The van der Waals surface area contributed by atoms with Gasteiger partial charge in [0.2, 0.25) is 5.69 Å². The second-order valence-corrected chi connectivity index (χ2v) is 7.05. The molecule has 0 fully saturated rings. The topological polar surface area (TPSA) is 17.0 Å². The van der Waals surface area contributed by atoms with Crippen LogP contribution in [0.1, 0.15) is 37.7 Å². The predicted octanol–water partition coefficient (Wildman–Crippen LogP) is 4.35. The number of pyridine rings is 1. The second-order valence-electron chi connectivity index (χ2n) is 7.05. The van der Waals surface area contributed by atoms with Gasteiger partial charge < -0.3 is 4.42 Å². The van der Waals surface area contributed by atoms with E-state index in [9.17, 15) is 0 Å². The van der Waals surface area contributed by atoms with E-state index >= 15 is 0 Å². The van der Waals surface area contributed by atoms with Gasteiger partial charge in [0.15, 0.2) is 12.7 Å². The Morgan fingerprint density at radius 1 is 1.10 bits per heavy atom. The number of hydrogen-bond acceptors (Lipinski definition) is 1. The van der Waals surface area contributed by atoms with Crippen LogP contribution in [-0.4, -0.2) is 0 Å². The van der Waals surface area contributed by atoms with Crippen molar-refractivity contribution in [1.82, 2.24) is 0 Å². The number of fused-ring (bicyclic) bond motifs is 5. The van der Waals surface area contributed by atoms with Crippen molar-refractivity contribution >= 4 is 11.0 Å². The van der Waals surface area contributed by atoms with Gasteiger partial charge in [0.1, 0.15) is 11.3 Å². The molecule has 0 radical (unpaired) electrons. The second kappa shape index (κ2) is 3.97. The zero-order valence-electron chi connectivity index (χ0n) is 13.0. The van der Waals surface area contributed by atoms with Crippen molar-refractivity contribution in [2.75, 3.05) is 0 Å². The van der Waals surface area contributed by atoms with E-state index in [1.165, 1.54) is 27.8 Å². The quantitative estimate of drug-likeness (QED) is 0.437. The van der Waals surface area contributed by atoms with Gasteiger partial charge >= 0.3 is 0 Å². The molecule has 1 aromatic carbocycles. The summed E-state index contributed by atoms with van der Waals surface area (Å²) in [6.07, 6.45) is 2.14. The van der Waals surface area contributed by atoms with Crippen LogP contribution in [0.3, 0.4) is 0 Å². The molecule has 0 N–H and O–H groups in total. The molecule has 0 saturated heterocycles. The van der Waals surface area contributed by atoms with Gasteiger partial charge in [-0.3, -0.25) is 0 Å². The maximum atomic E-state index is 5.77. The molecule has 0 saturated carbocycles. The fourth-order valence-electron chi connectivity index (χ4n) is 3.27. The summed E-state index contributed by atoms with van der Waals surface area (Å²) < 4.78 is 8.10. The fraction of sp³-hybridized carbons (Fsp3) is 0.316. The number of nitrogens with zero attached hydrogens (tertiary/aromatic N) is 1. The molecular weight excluding hydrogens is 258 g/mol. The lowest BCUT2D eigenvalue weighted by atomic mass is 9.85. The third-order valence-electron chi connectivity index (χ3n) is 4.40. The van der Waals surface area contributed by atoms with Crippen molar-refractivity contribution in [2.24, 2.45) is 0 Å². The highest BCUT2D eigenvalue weighted by atomic mass is 16.3. The molecule has 1 aliphatic heterocycles. The van der Waals surface area contributed by atoms with Gasteiger partial charge in [-0.05, 0) is 36.1 Å². The molecule has 0 spiro atoms. The highest BCUT2D eigenvalue weighted by Gasteiger charge is 2.30. The summed E-state index contributed by atoms with van der Waals surface area (Å²) in [7, 11) is 0. The molecule has 1 aliphatic rings. The third-order valence-corrected chi connectivity index (χ3v) is 4.40. The molecule has 21 heavy (non-hydrogen) atoms. The fourth-order valence-corrected chi connectivity index (χ4v) is 3.27. The Labute approximate surface area is 125 Å². The standard InChI is InChI=1S/C19H20NO/c1-12-9-16-17(21-12)7-8-20-11-13-10-14(19(2,3)4)5-6-15(13)18(16)20/h5-10H,11H2,1-4H3/q+1. The van der Waals surface area contributed by atoms with Crippen molar-refractivity contribution in [1.29, 1.82) is 0 Å². The highest BCUT2D eigenvalue weighted by Crippen LogP contribution is 2.36. The molecule has 0 atom stereocenters. The Hall–Kier alpha value is -2.09. The molecule has 0 unspecified atom stereocenters. The smallest absolute Gasteiger partial charge is 0.224 e. The molecule has 0 amide bonds. The van der Waals surface area contributed by atoms with Crippen LogP contribution in [0, 0.1) is 6.92 Å². The lowest BCUT2D eigenvalue weighted by Gasteiger charge is -2.19. The molecule has 0 aliphatic carbocycles. The highest BCUT2D eigenvalue weighted by molar-refractivity contribution is 5.91. The van der Waals surface area contributed by atoms with E-state index in [1.807, 2.05) is 6.92 Å². The molecule has 4 rings (SSSR count). The van der Waals surface area contributed by atoms with Crippen molar-refractivity contribution < 1.29 is 8.98 Å². The van der Waals surface area contributed by atoms with Crippen LogP contribution in [-0.2, 0) is 12.0 Å². The van der Waals surface area contributed by atoms with E-state index in [0.29, 0.717) is 0 Å². The Kier molecular flexibility index (Phi) is 2.39. The molecule has 2 nitrogen and oxygen atoms in total. The van der Waals surface area contributed by atoms with Gasteiger partial charge in [-0.25, -0.2) is 0 Å². The average Bonchev–Trinajstić information content (AvgIpc) is 2.95. The molecular formula is C19H20NO+. The van der Waals surface area contributed by atoms with Crippen molar-refractivity contribution in [2.45, 2.75) is 39.7 Å². The molecule has 3 heterocycles. The summed E-state index contributed by atoms with van der Waals surface area (Å²) in [6.45, 7) is 9.76. The van der Waals surface area contributed by atoms with Gasteiger partial charge in [-0.1, -0.05) is 26.8 Å². The first-order chi connectivity index (χ1) is 9.93. The number of hydrogen-bond donors (Lipinski definition) is 0. The summed E-state index contributed by atoms with van der Waals surface area (Å²) in [4.78, 5) is 0. The molecule has 2 aromatic heterocycles. The Bertz CT molecular complexity index is 865. The first-order valence-electron chi connectivity index (χ1n) is 7.50. The molecule has 2 heteroatoms. The van der Waals surface area contributed by atoms with E-state index in [0.717, 1.165) is 17.9 Å². The molecule has 3 aromatic rings. The molecule has 0 bridgehead atoms. The number of benzene rings is 1. The van der Waals surface area contributed by atoms with Crippen molar-refractivity contribution in [3.05, 3.63) is 53.4 Å². The van der Waals surface area contributed by atoms with E-state index in [4.69, 9.17) is 4.42 Å². The van der Waals surface area contributed by atoms with Crippen LogP contribution in [0.4, 0.5) is 0 Å². The van der Waals surface area contributed by atoms with Crippen LogP contribution in [0.5, 0.6) is 0 Å². The normalized spacial score (nSPS) is 13.5. The van der Waals surface area contributed by atoms with Gasteiger partial charge in [-0.15, -0.1) is 0 Å². The van der Waals surface area contributed by atoms with Crippen LogP contribution in [0.2, 0.25) is 0 Å². The number of rotatable bonds is 0. The van der Waals surface area contributed by atoms with E-state index in [-0.39, 0.29) is 5.41 Å². The number of furan rings is 1. The first kappa shape index (κ1) is 12.6. The Morgan fingerprint density at radius 3 is 2.67 bits per heavy atom. The largest absolute Gasteiger partial charge is 0.461 e. The first-order valence-corrected chi connectivity index (χ1v) is 7.50. The van der Waals surface area contributed by atoms with Crippen LogP contribution >= 0.6 is 0 Å². The summed E-state index contributed by atoms with van der Waals surface area (Å²) in [5.74, 6) is 0.971. The zero-order chi connectivity index (χ0) is 14.8. The summed E-state index contributed by atoms with van der Waals surface area (Å²) >= 11 is 0. The minimum absolute atomic E-state index is 0.190. The van der Waals surface area contributed by atoms with Gasteiger partial charge in [0.05, 0.1) is 10.9 Å². The van der Waals surface area contributed by atoms with Crippen LogP contribution in [0.15, 0.2) is 40.9 Å². The predicted molar refractivity (Wildman–Crippen MR) is 84.4 cm³/mol. The Morgan fingerprint density at radius 2 is 1.90 bits per heavy atom. The van der Waals surface area contributed by atoms with E-state index in [1.54, 1.807) is 0 Å². The van der Waals surface area contributed by atoms with Gasteiger partial charge in [0, 0.05) is 11.6 Å². The minimum Gasteiger partial charge on any atom is -0.461 e. The van der Waals surface area contributed by atoms with E-state index in [2.05, 4.69) is 61.9 Å². The number of aromatic nitrogens is 1. The lowest BCUT2D eigenvalue weighted by molar-refractivity contribution is -0.671. The van der Waals surface area contributed by atoms with Crippen molar-refractivity contribution in [3.8, 4) is 11.3 Å². The van der Waals surface area contributed by atoms with Crippen LogP contribution in [0.25, 0.3) is 22.2 Å². The maximum Gasteiger partial charge on any atom is 0.224 e. The SMILES string of the molecule is Cc1cc2c3[n+](ccc2o1)Cc1cc(C(C)(C)C)ccc1-3. The Balaban J connectivity index is 1.97.